The van der Waals surface area contributed by atoms with Crippen molar-refractivity contribution in [2.45, 2.75) is 12.8 Å². The Morgan fingerprint density at radius 1 is 0.889 bits per heavy atom. The SMILES string of the molecule is O=C(CCNC(=O)c1ccccc1)NCCc1cnn(-c2ccccc2)c1. The highest BCUT2D eigenvalue weighted by Gasteiger charge is 2.06. The van der Waals surface area contributed by atoms with Gasteiger partial charge in [-0.15, -0.1) is 0 Å². The third kappa shape index (κ3) is 5.54. The molecule has 1 aromatic heterocycles. The Kier molecular flexibility index (Phi) is 6.35. The lowest BCUT2D eigenvalue weighted by Gasteiger charge is -2.06. The van der Waals surface area contributed by atoms with Gasteiger partial charge in [0.05, 0.1) is 11.9 Å². The maximum absolute atomic E-state index is 11.9. The van der Waals surface area contributed by atoms with Gasteiger partial charge in [-0.05, 0) is 36.2 Å². The van der Waals surface area contributed by atoms with E-state index < -0.39 is 0 Å². The zero-order chi connectivity index (χ0) is 18.9. The third-order valence-electron chi connectivity index (χ3n) is 4.07. The fourth-order valence-electron chi connectivity index (χ4n) is 2.63. The Bertz CT molecular complexity index is 875. The maximum atomic E-state index is 11.9. The van der Waals surface area contributed by atoms with Gasteiger partial charge in [0.15, 0.2) is 0 Å². The highest BCUT2D eigenvalue weighted by atomic mass is 16.2. The van der Waals surface area contributed by atoms with Gasteiger partial charge < -0.3 is 10.6 Å². The topological polar surface area (TPSA) is 76.0 Å². The molecule has 6 heteroatoms. The van der Waals surface area contributed by atoms with E-state index in [2.05, 4.69) is 15.7 Å². The van der Waals surface area contributed by atoms with Gasteiger partial charge in [0.1, 0.15) is 0 Å². The molecule has 3 rings (SSSR count). The number of rotatable bonds is 8. The molecule has 0 bridgehead atoms. The van der Waals surface area contributed by atoms with Crippen LogP contribution in [0.2, 0.25) is 0 Å². The van der Waals surface area contributed by atoms with Gasteiger partial charge in [-0.3, -0.25) is 9.59 Å². The fraction of sp³-hybridized carbons (Fsp3) is 0.190. The lowest BCUT2D eigenvalue weighted by Crippen LogP contribution is -2.31. The van der Waals surface area contributed by atoms with Gasteiger partial charge in [-0.2, -0.15) is 5.10 Å². The molecular weight excluding hydrogens is 340 g/mol. The summed E-state index contributed by atoms with van der Waals surface area (Å²) in [6.07, 6.45) is 4.72. The van der Waals surface area contributed by atoms with Crippen LogP contribution >= 0.6 is 0 Å². The smallest absolute Gasteiger partial charge is 0.251 e. The van der Waals surface area contributed by atoms with E-state index in [0.29, 0.717) is 25.1 Å². The molecule has 0 aliphatic heterocycles. The molecule has 0 aliphatic carbocycles. The molecule has 2 amide bonds. The summed E-state index contributed by atoms with van der Waals surface area (Å²) in [6, 6.07) is 18.8. The molecule has 2 aromatic carbocycles. The Labute approximate surface area is 158 Å². The first kappa shape index (κ1) is 18.4. The Hall–Kier alpha value is -3.41. The number of nitrogens with zero attached hydrogens (tertiary/aromatic N) is 2. The first-order valence-corrected chi connectivity index (χ1v) is 8.91. The summed E-state index contributed by atoms with van der Waals surface area (Å²) in [5, 5.41) is 9.95. The van der Waals surface area contributed by atoms with Crippen molar-refractivity contribution in [3.05, 3.63) is 84.2 Å². The molecule has 3 aromatic rings. The summed E-state index contributed by atoms with van der Waals surface area (Å²) in [5.74, 6) is -0.254. The molecule has 0 saturated carbocycles. The molecule has 0 saturated heterocycles. The fourth-order valence-corrected chi connectivity index (χ4v) is 2.63. The van der Waals surface area contributed by atoms with E-state index in [0.717, 1.165) is 11.3 Å². The minimum absolute atomic E-state index is 0.0844. The van der Waals surface area contributed by atoms with Crippen molar-refractivity contribution < 1.29 is 9.59 Å². The molecule has 1 heterocycles. The molecule has 0 unspecified atom stereocenters. The lowest BCUT2D eigenvalue weighted by molar-refractivity contribution is -0.120. The normalized spacial score (nSPS) is 10.4. The van der Waals surface area contributed by atoms with E-state index in [1.54, 1.807) is 18.3 Å². The number of carbonyl (C=O) groups excluding carboxylic acids is 2. The van der Waals surface area contributed by atoms with Gasteiger partial charge in [0, 0.05) is 31.3 Å². The minimum atomic E-state index is -0.170. The minimum Gasteiger partial charge on any atom is -0.356 e. The number of para-hydroxylation sites is 1. The van der Waals surface area contributed by atoms with Crippen LogP contribution < -0.4 is 10.6 Å². The molecule has 2 N–H and O–H groups in total. The molecule has 0 spiro atoms. The number of amides is 2. The lowest BCUT2D eigenvalue weighted by atomic mass is 10.2. The summed E-state index contributed by atoms with van der Waals surface area (Å²) >= 11 is 0. The van der Waals surface area contributed by atoms with Gasteiger partial charge in [-0.25, -0.2) is 4.68 Å². The Morgan fingerprint density at radius 2 is 1.59 bits per heavy atom. The van der Waals surface area contributed by atoms with E-state index in [9.17, 15) is 9.59 Å². The van der Waals surface area contributed by atoms with E-state index >= 15 is 0 Å². The van der Waals surface area contributed by atoms with Crippen molar-refractivity contribution in [1.29, 1.82) is 0 Å². The first-order chi connectivity index (χ1) is 13.2. The van der Waals surface area contributed by atoms with Crippen LogP contribution in [0, 0.1) is 0 Å². The number of nitrogens with one attached hydrogen (secondary N) is 2. The Morgan fingerprint density at radius 3 is 2.33 bits per heavy atom. The summed E-state index contributed by atoms with van der Waals surface area (Å²) in [4.78, 5) is 23.8. The molecule has 0 radical (unpaired) electrons. The van der Waals surface area contributed by atoms with Crippen LogP contribution in [-0.2, 0) is 11.2 Å². The monoisotopic (exact) mass is 362 g/mol. The van der Waals surface area contributed by atoms with Gasteiger partial charge in [0.2, 0.25) is 5.91 Å². The van der Waals surface area contributed by atoms with E-state index in [1.807, 2.05) is 59.4 Å². The molecule has 6 nitrogen and oxygen atoms in total. The average molecular weight is 362 g/mol. The van der Waals surface area contributed by atoms with Crippen molar-refractivity contribution in [2.75, 3.05) is 13.1 Å². The second-order valence-electron chi connectivity index (χ2n) is 6.10. The van der Waals surface area contributed by atoms with Crippen LogP contribution in [0.5, 0.6) is 0 Å². The maximum Gasteiger partial charge on any atom is 0.251 e. The number of aromatic nitrogens is 2. The van der Waals surface area contributed by atoms with E-state index in [-0.39, 0.29) is 18.2 Å². The largest absolute Gasteiger partial charge is 0.356 e. The van der Waals surface area contributed by atoms with Gasteiger partial charge >= 0.3 is 0 Å². The van der Waals surface area contributed by atoms with Crippen molar-refractivity contribution in [3.8, 4) is 5.69 Å². The molecule has 138 valence electrons. The highest BCUT2D eigenvalue weighted by Crippen LogP contribution is 2.07. The second-order valence-corrected chi connectivity index (χ2v) is 6.10. The molecule has 0 fully saturated rings. The second kappa shape index (κ2) is 9.33. The van der Waals surface area contributed by atoms with Crippen molar-refractivity contribution >= 4 is 11.8 Å². The molecule has 27 heavy (non-hydrogen) atoms. The van der Waals surface area contributed by atoms with Crippen LogP contribution in [0.3, 0.4) is 0 Å². The van der Waals surface area contributed by atoms with Crippen molar-refractivity contribution in [3.63, 3.8) is 0 Å². The summed E-state index contributed by atoms with van der Waals surface area (Å²) in [6.45, 7) is 0.845. The van der Waals surface area contributed by atoms with Crippen molar-refractivity contribution in [1.82, 2.24) is 20.4 Å². The molecule has 0 atom stereocenters. The highest BCUT2D eigenvalue weighted by molar-refractivity contribution is 5.94. The van der Waals surface area contributed by atoms with Gasteiger partial charge in [0.25, 0.3) is 5.91 Å². The van der Waals surface area contributed by atoms with E-state index in [1.165, 1.54) is 0 Å². The zero-order valence-corrected chi connectivity index (χ0v) is 15.0. The summed E-state index contributed by atoms with van der Waals surface area (Å²) in [5.41, 5.74) is 2.65. The zero-order valence-electron chi connectivity index (χ0n) is 15.0. The van der Waals surface area contributed by atoms with Crippen LogP contribution in [-0.4, -0.2) is 34.7 Å². The molecule has 0 aliphatic rings. The summed E-state index contributed by atoms with van der Waals surface area (Å²) < 4.78 is 1.82. The number of carbonyl (C=O) groups is 2. The van der Waals surface area contributed by atoms with Crippen molar-refractivity contribution in [2.24, 2.45) is 0 Å². The van der Waals surface area contributed by atoms with Crippen LogP contribution in [0.15, 0.2) is 73.1 Å². The summed E-state index contributed by atoms with van der Waals surface area (Å²) in [7, 11) is 0. The number of benzene rings is 2. The van der Waals surface area contributed by atoms with Gasteiger partial charge in [-0.1, -0.05) is 36.4 Å². The molecular formula is C21H22N4O2. The van der Waals surface area contributed by atoms with Crippen LogP contribution in [0.1, 0.15) is 22.3 Å². The average Bonchev–Trinajstić information content (AvgIpc) is 3.18. The third-order valence-corrected chi connectivity index (χ3v) is 4.07. The van der Waals surface area contributed by atoms with Crippen LogP contribution in [0.4, 0.5) is 0 Å². The Balaban J connectivity index is 1.35. The quantitative estimate of drug-likeness (QED) is 0.646. The predicted octanol–water partition coefficient (Wildman–Crippen LogP) is 2.35. The first-order valence-electron chi connectivity index (χ1n) is 8.91. The number of hydrogen-bond acceptors (Lipinski definition) is 3. The van der Waals surface area contributed by atoms with Crippen LogP contribution in [0.25, 0.3) is 5.69 Å². The standard InChI is InChI=1S/C21H22N4O2/c26-20(12-14-23-21(27)18-7-3-1-4-8-18)22-13-11-17-15-24-25(16-17)19-9-5-2-6-10-19/h1-10,15-16H,11-14H2,(H,22,26)(H,23,27). The predicted molar refractivity (Wildman–Crippen MR) is 104 cm³/mol. The number of hydrogen-bond donors (Lipinski definition) is 2. The van der Waals surface area contributed by atoms with E-state index in [4.69, 9.17) is 0 Å².